The Balaban J connectivity index is 3.23. The lowest BCUT2D eigenvalue weighted by atomic mass is 10.1. The van der Waals surface area contributed by atoms with E-state index in [1.165, 1.54) is 0 Å². The summed E-state index contributed by atoms with van der Waals surface area (Å²) in [5.41, 5.74) is 1.60. The van der Waals surface area contributed by atoms with Crippen molar-refractivity contribution in [2.45, 2.75) is 6.92 Å². The van der Waals surface area contributed by atoms with Gasteiger partial charge in [0.05, 0.1) is 10.4 Å². The Kier molecular flexibility index (Phi) is 3.95. The Hall–Kier alpha value is 0.140. The topological polar surface area (TPSA) is 17.1 Å². The second kappa shape index (κ2) is 4.58. The van der Waals surface area contributed by atoms with E-state index < -0.39 is 0 Å². The van der Waals surface area contributed by atoms with Crippen molar-refractivity contribution in [2.24, 2.45) is 0 Å². The van der Waals surface area contributed by atoms with Gasteiger partial charge in [0.2, 0.25) is 0 Å². The molecule has 0 aromatic heterocycles. The first kappa shape index (κ1) is 11.2. The van der Waals surface area contributed by atoms with Crippen LogP contribution in [0.5, 0.6) is 0 Å². The van der Waals surface area contributed by atoms with Gasteiger partial charge in [-0.2, -0.15) is 0 Å². The van der Waals surface area contributed by atoms with Crippen LogP contribution in [0.1, 0.15) is 15.9 Å². The van der Waals surface area contributed by atoms with Gasteiger partial charge < -0.3 is 0 Å². The third-order valence-electron chi connectivity index (χ3n) is 1.69. The molecule has 1 aromatic rings. The maximum absolute atomic E-state index is 11.4. The minimum absolute atomic E-state index is 0.0647. The average Bonchev–Trinajstić information content (AvgIpc) is 2.10. The number of hydrogen-bond donors (Lipinski definition) is 0. The maximum Gasteiger partial charge on any atom is 0.173 e. The number of alkyl halides is 1. The molecular formula is C9H7Br2ClO. The third kappa shape index (κ3) is 2.55. The van der Waals surface area contributed by atoms with Gasteiger partial charge in [-0.3, -0.25) is 4.79 Å². The van der Waals surface area contributed by atoms with Gasteiger partial charge in [-0.05, 0) is 40.5 Å². The number of carbonyl (C=O) groups excluding carboxylic acids is 1. The molecule has 0 radical (unpaired) electrons. The van der Waals surface area contributed by atoms with Crippen molar-refractivity contribution in [3.63, 3.8) is 0 Å². The summed E-state index contributed by atoms with van der Waals surface area (Å²) in [5, 5.41) is 0.964. The summed E-state index contributed by atoms with van der Waals surface area (Å²) in [6, 6.07) is 3.53. The zero-order valence-corrected chi connectivity index (χ0v) is 10.8. The minimum Gasteiger partial charge on any atom is -0.293 e. The molecule has 13 heavy (non-hydrogen) atoms. The van der Waals surface area contributed by atoms with Crippen LogP contribution in [-0.2, 0) is 0 Å². The standard InChI is InChI=1S/C9H7Br2ClO/c1-5-2-8(12)7(11)3-6(5)9(13)4-10/h2-3H,4H2,1H3. The Morgan fingerprint density at radius 3 is 2.69 bits per heavy atom. The molecule has 0 heterocycles. The molecule has 0 unspecified atom stereocenters. The fourth-order valence-corrected chi connectivity index (χ4v) is 1.88. The Morgan fingerprint density at radius 1 is 1.54 bits per heavy atom. The van der Waals surface area contributed by atoms with Crippen LogP contribution in [0.3, 0.4) is 0 Å². The molecule has 0 amide bonds. The van der Waals surface area contributed by atoms with Crippen molar-refractivity contribution in [1.29, 1.82) is 0 Å². The van der Waals surface area contributed by atoms with Crippen LogP contribution in [0.2, 0.25) is 5.02 Å². The summed E-state index contributed by atoms with van der Waals surface area (Å²) in [4.78, 5) is 11.4. The highest BCUT2D eigenvalue weighted by Gasteiger charge is 2.09. The number of aryl methyl sites for hydroxylation is 1. The molecule has 1 rings (SSSR count). The van der Waals surface area contributed by atoms with E-state index in [2.05, 4.69) is 31.9 Å². The second-order valence-corrected chi connectivity index (χ2v) is 4.46. The van der Waals surface area contributed by atoms with Crippen molar-refractivity contribution in [3.8, 4) is 0 Å². The van der Waals surface area contributed by atoms with Crippen molar-refractivity contribution < 1.29 is 4.79 Å². The van der Waals surface area contributed by atoms with E-state index in [1.54, 1.807) is 12.1 Å². The summed E-state index contributed by atoms with van der Waals surface area (Å²) in [6.45, 7) is 1.87. The molecule has 0 fully saturated rings. The zero-order chi connectivity index (χ0) is 10.0. The van der Waals surface area contributed by atoms with Crippen molar-refractivity contribution in [2.75, 3.05) is 5.33 Å². The van der Waals surface area contributed by atoms with E-state index in [0.29, 0.717) is 15.9 Å². The highest BCUT2D eigenvalue weighted by molar-refractivity contribution is 9.10. The molecule has 4 heteroatoms. The minimum atomic E-state index is 0.0647. The average molecular weight is 326 g/mol. The number of benzene rings is 1. The maximum atomic E-state index is 11.4. The van der Waals surface area contributed by atoms with Gasteiger partial charge in [0, 0.05) is 10.0 Å². The van der Waals surface area contributed by atoms with Crippen LogP contribution >= 0.6 is 43.5 Å². The van der Waals surface area contributed by atoms with Gasteiger partial charge in [-0.1, -0.05) is 27.5 Å². The first-order chi connectivity index (χ1) is 6.06. The van der Waals surface area contributed by atoms with E-state index in [-0.39, 0.29) is 5.78 Å². The van der Waals surface area contributed by atoms with E-state index in [4.69, 9.17) is 11.6 Å². The predicted molar refractivity (Wildman–Crippen MR) is 62.0 cm³/mol. The monoisotopic (exact) mass is 324 g/mol. The first-order valence-corrected chi connectivity index (χ1v) is 5.90. The molecule has 70 valence electrons. The van der Waals surface area contributed by atoms with Crippen LogP contribution in [-0.4, -0.2) is 11.1 Å². The smallest absolute Gasteiger partial charge is 0.173 e. The normalized spacial score (nSPS) is 10.2. The predicted octanol–water partition coefficient (Wildman–Crippen LogP) is 3.99. The summed E-state index contributed by atoms with van der Waals surface area (Å²) in [6.07, 6.45) is 0. The fraction of sp³-hybridized carbons (Fsp3) is 0.222. The molecule has 1 nitrogen and oxygen atoms in total. The van der Waals surface area contributed by atoms with E-state index in [1.807, 2.05) is 6.92 Å². The Bertz CT molecular complexity index is 350. The molecule has 0 aliphatic rings. The Labute approximate surface area is 98.7 Å². The van der Waals surface area contributed by atoms with Crippen LogP contribution in [0.4, 0.5) is 0 Å². The van der Waals surface area contributed by atoms with Crippen LogP contribution < -0.4 is 0 Å². The van der Waals surface area contributed by atoms with Gasteiger partial charge in [0.1, 0.15) is 0 Å². The van der Waals surface area contributed by atoms with E-state index in [9.17, 15) is 4.79 Å². The molecule has 0 atom stereocenters. The highest BCUT2D eigenvalue weighted by Crippen LogP contribution is 2.26. The van der Waals surface area contributed by atoms with Gasteiger partial charge >= 0.3 is 0 Å². The number of hydrogen-bond acceptors (Lipinski definition) is 1. The molecule has 0 spiro atoms. The first-order valence-electron chi connectivity index (χ1n) is 3.61. The second-order valence-electron chi connectivity index (χ2n) is 2.64. The van der Waals surface area contributed by atoms with Gasteiger partial charge in [-0.15, -0.1) is 0 Å². The summed E-state index contributed by atoms with van der Waals surface area (Å²) < 4.78 is 0.754. The summed E-state index contributed by atoms with van der Waals surface area (Å²) >= 11 is 12.3. The Morgan fingerprint density at radius 2 is 2.15 bits per heavy atom. The van der Waals surface area contributed by atoms with Gasteiger partial charge in [-0.25, -0.2) is 0 Å². The molecule has 0 aliphatic heterocycles. The number of carbonyl (C=O) groups is 1. The number of Topliss-reactive ketones (excluding diaryl/α,β-unsaturated/α-hetero) is 1. The molecular weight excluding hydrogens is 319 g/mol. The SMILES string of the molecule is Cc1cc(Cl)c(Br)cc1C(=O)CBr. The lowest BCUT2D eigenvalue weighted by Gasteiger charge is -2.04. The van der Waals surface area contributed by atoms with Crippen molar-refractivity contribution >= 4 is 49.2 Å². The van der Waals surface area contributed by atoms with Crippen molar-refractivity contribution in [3.05, 3.63) is 32.8 Å². The number of halogens is 3. The van der Waals surface area contributed by atoms with Gasteiger partial charge in [0.15, 0.2) is 5.78 Å². The van der Waals surface area contributed by atoms with Crippen LogP contribution in [0.25, 0.3) is 0 Å². The molecule has 0 aliphatic carbocycles. The molecule has 0 saturated carbocycles. The fourth-order valence-electron chi connectivity index (χ4n) is 1.02. The molecule has 1 aromatic carbocycles. The molecule has 0 bridgehead atoms. The molecule has 0 saturated heterocycles. The van der Waals surface area contributed by atoms with E-state index in [0.717, 1.165) is 10.0 Å². The quantitative estimate of drug-likeness (QED) is 0.593. The summed E-state index contributed by atoms with van der Waals surface area (Å²) in [7, 11) is 0. The lowest BCUT2D eigenvalue weighted by molar-refractivity contribution is 0.102. The van der Waals surface area contributed by atoms with Gasteiger partial charge in [0.25, 0.3) is 0 Å². The largest absolute Gasteiger partial charge is 0.293 e. The number of ketones is 1. The van der Waals surface area contributed by atoms with Crippen molar-refractivity contribution in [1.82, 2.24) is 0 Å². The zero-order valence-electron chi connectivity index (χ0n) is 6.90. The lowest BCUT2D eigenvalue weighted by Crippen LogP contribution is -2.02. The molecule has 0 N–H and O–H groups in total. The van der Waals surface area contributed by atoms with Crippen LogP contribution in [0, 0.1) is 6.92 Å². The van der Waals surface area contributed by atoms with Crippen LogP contribution in [0.15, 0.2) is 16.6 Å². The third-order valence-corrected chi connectivity index (χ3v) is 3.40. The van der Waals surface area contributed by atoms with E-state index >= 15 is 0 Å². The summed E-state index contributed by atoms with van der Waals surface area (Å²) in [5.74, 6) is 0.0647. The number of rotatable bonds is 2. The highest BCUT2D eigenvalue weighted by atomic mass is 79.9.